The Labute approximate surface area is 129 Å². The van der Waals surface area contributed by atoms with E-state index >= 15 is 0 Å². The standard InChI is InChI=1S/C20H27N/c1-5-21-20(19-9-7-6-8-10-19)17(4)14-18-12-15(2)11-16(3)13-18/h6-13,17,20-21H,5,14H2,1-4H3. The van der Waals surface area contributed by atoms with Gasteiger partial charge in [-0.3, -0.25) is 0 Å². The summed E-state index contributed by atoms with van der Waals surface area (Å²) >= 11 is 0. The number of nitrogens with one attached hydrogen (secondary N) is 1. The molecule has 2 rings (SSSR count). The normalized spacial score (nSPS) is 13.9. The van der Waals surface area contributed by atoms with E-state index in [0.29, 0.717) is 12.0 Å². The summed E-state index contributed by atoms with van der Waals surface area (Å²) in [6.45, 7) is 9.88. The van der Waals surface area contributed by atoms with E-state index in [9.17, 15) is 0 Å². The van der Waals surface area contributed by atoms with Crippen LogP contribution in [0.25, 0.3) is 0 Å². The monoisotopic (exact) mass is 281 g/mol. The molecule has 0 fully saturated rings. The fourth-order valence-corrected chi connectivity index (χ4v) is 3.20. The van der Waals surface area contributed by atoms with Crippen molar-refractivity contribution in [2.45, 2.75) is 40.2 Å². The summed E-state index contributed by atoms with van der Waals surface area (Å²) in [7, 11) is 0. The van der Waals surface area contributed by atoms with Gasteiger partial charge in [0.15, 0.2) is 0 Å². The Kier molecular flexibility index (Phi) is 5.58. The summed E-state index contributed by atoms with van der Waals surface area (Å²) in [6.07, 6.45) is 1.11. The van der Waals surface area contributed by atoms with Crippen LogP contribution in [0.15, 0.2) is 48.5 Å². The first-order valence-corrected chi connectivity index (χ1v) is 7.95. The molecule has 2 aromatic carbocycles. The largest absolute Gasteiger partial charge is 0.310 e. The molecule has 0 heterocycles. The van der Waals surface area contributed by atoms with Crippen molar-refractivity contribution in [1.82, 2.24) is 5.32 Å². The van der Waals surface area contributed by atoms with Gasteiger partial charge in [0, 0.05) is 6.04 Å². The van der Waals surface area contributed by atoms with E-state index < -0.39 is 0 Å². The van der Waals surface area contributed by atoms with Crippen LogP contribution < -0.4 is 5.32 Å². The second-order valence-electron chi connectivity index (χ2n) is 6.12. The van der Waals surface area contributed by atoms with Gasteiger partial charge in [-0.25, -0.2) is 0 Å². The van der Waals surface area contributed by atoms with E-state index in [1.807, 2.05) is 0 Å². The molecule has 21 heavy (non-hydrogen) atoms. The molecule has 1 heteroatoms. The quantitative estimate of drug-likeness (QED) is 0.799. The minimum atomic E-state index is 0.414. The highest BCUT2D eigenvalue weighted by atomic mass is 14.9. The van der Waals surface area contributed by atoms with Gasteiger partial charge in [-0.15, -0.1) is 0 Å². The minimum Gasteiger partial charge on any atom is -0.310 e. The summed E-state index contributed by atoms with van der Waals surface area (Å²) in [4.78, 5) is 0. The highest BCUT2D eigenvalue weighted by Crippen LogP contribution is 2.25. The van der Waals surface area contributed by atoms with E-state index in [2.05, 4.69) is 81.5 Å². The van der Waals surface area contributed by atoms with Gasteiger partial charge in [0.25, 0.3) is 0 Å². The van der Waals surface area contributed by atoms with E-state index in [0.717, 1.165) is 13.0 Å². The molecular weight excluding hydrogens is 254 g/mol. The molecule has 0 spiro atoms. The lowest BCUT2D eigenvalue weighted by atomic mass is 9.88. The maximum Gasteiger partial charge on any atom is 0.0349 e. The van der Waals surface area contributed by atoms with Crippen molar-refractivity contribution in [3.63, 3.8) is 0 Å². The van der Waals surface area contributed by atoms with E-state index in [-0.39, 0.29) is 0 Å². The van der Waals surface area contributed by atoms with Crippen molar-refractivity contribution in [2.75, 3.05) is 6.54 Å². The minimum absolute atomic E-state index is 0.414. The van der Waals surface area contributed by atoms with Crippen LogP contribution in [0.1, 0.15) is 42.1 Å². The van der Waals surface area contributed by atoms with Crippen LogP contribution in [-0.4, -0.2) is 6.54 Å². The smallest absolute Gasteiger partial charge is 0.0349 e. The summed E-state index contributed by atoms with van der Waals surface area (Å²) < 4.78 is 0. The van der Waals surface area contributed by atoms with Gasteiger partial charge in [-0.05, 0) is 43.9 Å². The number of hydrogen-bond acceptors (Lipinski definition) is 1. The first kappa shape index (κ1) is 15.8. The van der Waals surface area contributed by atoms with Crippen LogP contribution in [0.3, 0.4) is 0 Å². The molecule has 0 aliphatic carbocycles. The molecule has 0 bridgehead atoms. The van der Waals surface area contributed by atoms with Gasteiger partial charge in [-0.2, -0.15) is 0 Å². The van der Waals surface area contributed by atoms with Gasteiger partial charge < -0.3 is 5.32 Å². The average molecular weight is 281 g/mol. The number of benzene rings is 2. The summed E-state index contributed by atoms with van der Waals surface area (Å²) in [5, 5.41) is 3.65. The van der Waals surface area contributed by atoms with Crippen LogP contribution in [0.2, 0.25) is 0 Å². The summed E-state index contributed by atoms with van der Waals surface area (Å²) in [6, 6.07) is 18.1. The molecule has 2 aromatic rings. The Hall–Kier alpha value is -1.60. The number of aryl methyl sites for hydroxylation is 2. The van der Waals surface area contributed by atoms with Crippen LogP contribution in [0, 0.1) is 19.8 Å². The predicted octanol–water partition coefficient (Wildman–Crippen LogP) is 4.83. The van der Waals surface area contributed by atoms with Crippen molar-refractivity contribution >= 4 is 0 Å². The van der Waals surface area contributed by atoms with Gasteiger partial charge in [0.1, 0.15) is 0 Å². The highest BCUT2D eigenvalue weighted by Gasteiger charge is 2.18. The molecule has 1 nitrogen and oxygen atoms in total. The summed E-state index contributed by atoms with van der Waals surface area (Å²) in [5.74, 6) is 0.563. The van der Waals surface area contributed by atoms with E-state index in [4.69, 9.17) is 0 Å². The Morgan fingerprint density at radius 1 is 0.952 bits per heavy atom. The lowest BCUT2D eigenvalue weighted by molar-refractivity contribution is 0.391. The average Bonchev–Trinajstić information content (AvgIpc) is 2.44. The predicted molar refractivity (Wildman–Crippen MR) is 91.6 cm³/mol. The molecule has 0 amide bonds. The zero-order valence-corrected chi connectivity index (χ0v) is 13.7. The number of hydrogen-bond donors (Lipinski definition) is 1. The molecule has 112 valence electrons. The van der Waals surface area contributed by atoms with Gasteiger partial charge in [-0.1, -0.05) is 73.5 Å². The third-order valence-electron chi connectivity index (χ3n) is 3.99. The van der Waals surface area contributed by atoms with Crippen molar-refractivity contribution in [1.29, 1.82) is 0 Å². The zero-order valence-electron chi connectivity index (χ0n) is 13.7. The fourth-order valence-electron chi connectivity index (χ4n) is 3.20. The molecule has 0 saturated carbocycles. The third-order valence-corrected chi connectivity index (χ3v) is 3.99. The molecular formula is C20H27N. The lowest BCUT2D eigenvalue weighted by Crippen LogP contribution is -2.28. The van der Waals surface area contributed by atoms with Gasteiger partial charge >= 0.3 is 0 Å². The Morgan fingerprint density at radius 3 is 2.14 bits per heavy atom. The van der Waals surface area contributed by atoms with E-state index in [1.54, 1.807) is 0 Å². The van der Waals surface area contributed by atoms with Gasteiger partial charge in [0.05, 0.1) is 0 Å². The SMILES string of the molecule is CCNC(c1ccccc1)C(C)Cc1cc(C)cc(C)c1. The molecule has 0 radical (unpaired) electrons. The third kappa shape index (κ3) is 4.44. The van der Waals surface area contributed by atoms with Crippen LogP contribution in [0.4, 0.5) is 0 Å². The fraction of sp³-hybridized carbons (Fsp3) is 0.400. The van der Waals surface area contributed by atoms with Crippen LogP contribution >= 0.6 is 0 Å². The Morgan fingerprint density at radius 2 is 1.57 bits per heavy atom. The molecule has 0 aromatic heterocycles. The number of rotatable bonds is 6. The highest BCUT2D eigenvalue weighted by molar-refractivity contribution is 5.29. The molecule has 2 atom stereocenters. The van der Waals surface area contributed by atoms with Gasteiger partial charge in [0.2, 0.25) is 0 Å². The molecule has 1 N–H and O–H groups in total. The molecule has 0 saturated heterocycles. The summed E-state index contributed by atoms with van der Waals surface area (Å²) in [5.41, 5.74) is 5.55. The van der Waals surface area contributed by atoms with Crippen molar-refractivity contribution < 1.29 is 0 Å². The van der Waals surface area contributed by atoms with Crippen molar-refractivity contribution in [3.05, 3.63) is 70.8 Å². The maximum absolute atomic E-state index is 3.65. The zero-order chi connectivity index (χ0) is 15.2. The van der Waals surface area contributed by atoms with E-state index in [1.165, 1.54) is 22.3 Å². The topological polar surface area (TPSA) is 12.0 Å². The molecule has 0 aliphatic heterocycles. The first-order chi connectivity index (χ1) is 10.1. The molecule has 2 unspecified atom stereocenters. The molecule has 0 aliphatic rings. The first-order valence-electron chi connectivity index (χ1n) is 7.95. The van der Waals surface area contributed by atoms with Crippen molar-refractivity contribution in [2.24, 2.45) is 5.92 Å². The lowest BCUT2D eigenvalue weighted by Gasteiger charge is -2.26. The second-order valence-corrected chi connectivity index (χ2v) is 6.12. The van der Waals surface area contributed by atoms with Crippen LogP contribution in [-0.2, 0) is 6.42 Å². The second kappa shape index (κ2) is 7.42. The van der Waals surface area contributed by atoms with Crippen molar-refractivity contribution in [3.8, 4) is 0 Å². The van der Waals surface area contributed by atoms with Crippen LogP contribution in [0.5, 0.6) is 0 Å². The maximum atomic E-state index is 3.65. The Bertz CT molecular complexity index is 539. The Balaban J connectivity index is 2.17.